The summed E-state index contributed by atoms with van der Waals surface area (Å²) >= 11 is 0. The summed E-state index contributed by atoms with van der Waals surface area (Å²) < 4.78 is 5.19. The van der Waals surface area contributed by atoms with Gasteiger partial charge in [0.2, 0.25) is 11.8 Å². The number of benzene rings is 2. The van der Waals surface area contributed by atoms with Crippen LogP contribution >= 0.6 is 0 Å². The highest BCUT2D eigenvalue weighted by Gasteiger charge is 2.40. The number of ether oxygens (including phenoxy) is 1. The molecule has 0 radical (unpaired) electrons. The molecule has 5 nitrogen and oxygen atoms in total. The summed E-state index contributed by atoms with van der Waals surface area (Å²) in [5, 5.41) is 0. The van der Waals surface area contributed by atoms with Gasteiger partial charge in [0.25, 0.3) is 0 Å². The third-order valence-electron chi connectivity index (χ3n) is 5.22. The number of aryl methyl sites for hydroxylation is 1. The maximum absolute atomic E-state index is 13.3. The molecule has 0 aromatic heterocycles. The van der Waals surface area contributed by atoms with E-state index in [1.165, 1.54) is 5.56 Å². The molecule has 2 aromatic rings. The Morgan fingerprint density at radius 3 is 2.62 bits per heavy atom. The number of methoxy groups -OCH3 is 1. The molecule has 5 heteroatoms. The topological polar surface area (TPSA) is 49.9 Å². The first-order chi connectivity index (χ1) is 12.7. The smallest absolute Gasteiger partial charge is 0.250 e. The average Bonchev–Trinajstić information content (AvgIpc) is 3.08. The first-order valence-electron chi connectivity index (χ1n) is 9.04. The van der Waals surface area contributed by atoms with Crippen LogP contribution in [-0.2, 0) is 16.0 Å². The van der Waals surface area contributed by atoms with Crippen molar-refractivity contribution in [3.63, 3.8) is 0 Å². The van der Waals surface area contributed by atoms with E-state index in [-0.39, 0.29) is 11.8 Å². The quantitative estimate of drug-likeness (QED) is 0.854. The van der Waals surface area contributed by atoms with Crippen molar-refractivity contribution >= 4 is 23.2 Å². The zero-order valence-corrected chi connectivity index (χ0v) is 14.9. The lowest BCUT2D eigenvalue weighted by atomic mass is 10.0. The maximum atomic E-state index is 13.3. The van der Waals surface area contributed by atoms with Crippen LogP contribution < -0.4 is 14.5 Å². The van der Waals surface area contributed by atoms with Crippen molar-refractivity contribution in [2.45, 2.75) is 31.7 Å². The normalized spacial score (nSPS) is 19.4. The second kappa shape index (κ2) is 6.83. The first-order valence-corrected chi connectivity index (χ1v) is 9.04. The molecule has 2 amide bonds. The molecule has 26 heavy (non-hydrogen) atoms. The number of anilines is 2. The zero-order valence-electron chi connectivity index (χ0n) is 14.9. The van der Waals surface area contributed by atoms with Crippen LogP contribution in [0.4, 0.5) is 11.4 Å². The molecule has 0 spiro atoms. The summed E-state index contributed by atoms with van der Waals surface area (Å²) in [6.07, 6.45) is 2.90. The Bertz CT molecular complexity index is 831. The molecule has 134 valence electrons. The van der Waals surface area contributed by atoms with Crippen molar-refractivity contribution in [1.29, 1.82) is 0 Å². The zero-order chi connectivity index (χ0) is 18.1. The summed E-state index contributed by atoms with van der Waals surface area (Å²) in [5.74, 6) is 0.742. The van der Waals surface area contributed by atoms with Crippen LogP contribution in [0.1, 0.15) is 24.8 Å². The maximum Gasteiger partial charge on any atom is 0.250 e. The van der Waals surface area contributed by atoms with Crippen molar-refractivity contribution < 1.29 is 14.3 Å². The van der Waals surface area contributed by atoms with Gasteiger partial charge in [0.1, 0.15) is 11.8 Å². The average molecular weight is 350 g/mol. The lowest BCUT2D eigenvalue weighted by molar-refractivity contribution is -0.122. The molecule has 0 N–H and O–H groups in total. The van der Waals surface area contributed by atoms with Gasteiger partial charge < -0.3 is 9.64 Å². The predicted molar refractivity (Wildman–Crippen MR) is 101 cm³/mol. The summed E-state index contributed by atoms with van der Waals surface area (Å²) in [7, 11) is 1.61. The van der Waals surface area contributed by atoms with Crippen molar-refractivity contribution in [1.82, 2.24) is 0 Å². The molecule has 2 heterocycles. The van der Waals surface area contributed by atoms with Crippen LogP contribution in [0.3, 0.4) is 0 Å². The highest BCUT2D eigenvalue weighted by molar-refractivity contribution is 6.08. The van der Waals surface area contributed by atoms with Gasteiger partial charge in [-0.2, -0.15) is 0 Å². The number of nitrogens with zero attached hydrogens (tertiary/aromatic N) is 2. The van der Waals surface area contributed by atoms with Gasteiger partial charge in [0.05, 0.1) is 7.11 Å². The number of fused-ring (bicyclic) bond motifs is 1. The van der Waals surface area contributed by atoms with E-state index in [0.29, 0.717) is 19.4 Å². The molecule has 0 aliphatic carbocycles. The highest BCUT2D eigenvalue weighted by atomic mass is 16.5. The number of para-hydroxylation sites is 1. The fourth-order valence-electron chi connectivity index (χ4n) is 3.93. The van der Waals surface area contributed by atoms with Gasteiger partial charge in [-0.05, 0) is 55.2 Å². The Kier molecular flexibility index (Phi) is 4.37. The molecule has 2 aromatic carbocycles. The second-order valence-electron chi connectivity index (χ2n) is 6.74. The number of hydrogen-bond acceptors (Lipinski definition) is 3. The van der Waals surface area contributed by atoms with Gasteiger partial charge >= 0.3 is 0 Å². The second-order valence-corrected chi connectivity index (χ2v) is 6.74. The minimum absolute atomic E-state index is 0.00110. The Morgan fingerprint density at radius 2 is 1.85 bits per heavy atom. The van der Waals surface area contributed by atoms with Crippen molar-refractivity contribution in [3.8, 4) is 5.75 Å². The lowest BCUT2D eigenvalue weighted by Gasteiger charge is -2.34. The summed E-state index contributed by atoms with van der Waals surface area (Å²) in [6.45, 7) is 0.705. The lowest BCUT2D eigenvalue weighted by Crippen LogP contribution is -2.48. The number of carbonyl (C=O) groups is 2. The van der Waals surface area contributed by atoms with Gasteiger partial charge in [-0.25, -0.2) is 0 Å². The molecule has 1 fully saturated rings. The van der Waals surface area contributed by atoms with Crippen LogP contribution in [0.15, 0.2) is 48.5 Å². The fraction of sp³-hybridized carbons (Fsp3) is 0.333. The minimum Gasteiger partial charge on any atom is -0.497 e. The molecular weight excluding hydrogens is 328 g/mol. The highest BCUT2D eigenvalue weighted by Crippen LogP contribution is 2.33. The Balaban J connectivity index is 1.63. The molecule has 1 unspecified atom stereocenters. The van der Waals surface area contributed by atoms with Gasteiger partial charge in [0.15, 0.2) is 0 Å². The van der Waals surface area contributed by atoms with Crippen molar-refractivity contribution in [2.24, 2.45) is 0 Å². The minimum atomic E-state index is -0.443. The molecular formula is C21H22N2O3. The number of amides is 2. The van der Waals surface area contributed by atoms with Crippen molar-refractivity contribution in [3.05, 3.63) is 54.1 Å². The van der Waals surface area contributed by atoms with E-state index < -0.39 is 6.04 Å². The fourth-order valence-corrected chi connectivity index (χ4v) is 3.93. The monoisotopic (exact) mass is 350 g/mol. The van der Waals surface area contributed by atoms with Crippen LogP contribution in [0, 0.1) is 0 Å². The SMILES string of the molecule is COc1ccc(N2C(=O)CCC2C(=O)N2CCCc3ccccc32)cc1. The van der Waals surface area contributed by atoms with Gasteiger partial charge in [-0.3, -0.25) is 14.5 Å². The van der Waals surface area contributed by atoms with Crippen LogP contribution in [0.5, 0.6) is 5.75 Å². The molecule has 0 saturated carbocycles. The van der Waals surface area contributed by atoms with E-state index in [2.05, 4.69) is 6.07 Å². The van der Waals surface area contributed by atoms with Gasteiger partial charge in [-0.1, -0.05) is 18.2 Å². The first kappa shape index (κ1) is 16.6. The Morgan fingerprint density at radius 1 is 1.08 bits per heavy atom. The van der Waals surface area contributed by atoms with Gasteiger partial charge in [-0.15, -0.1) is 0 Å². The third kappa shape index (κ3) is 2.83. The standard InChI is InChI=1S/C21H22N2O3/c1-26-17-10-8-16(9-11-17)23-19(12-13-20(23)24)21(25)22-14-4-6-15-5-2-3-7-18(15)22/h2-3,5,7-11,19H,4,6,12-14H2,1H3. The molecule has 1 atom stereocenters. The van der Waals surface area contributed by atoms with E-state index in [1.807, 2.05) is 47.4 Å². The summed E-state index contributed by atoms with van der Waals surface area (Å²) in [4.78, 5) is 29.3. The Hall–Kier alpha value is -2.82. The third-order valence-corrected chi connectivity index (χ3v) is 5.22. The summed E-state index contributed by atoms with van der Waals surface area (Å²) in [5.41, 5.74) is 2.93. The van der Waals surface area contributed by atoms with Crippen molar-refractivity contribution in [2.75, 3.05) is 23.5 Å². The van der Waals surface area contributed by atoms with Crippen LogP contribution in [0.2, 0.25) is 0 Å². The molecule has 2 aliphatic rings. The van der Waals surface area contributed by atoms with E-state index in [9.17, 15) is 9.59 Å². The number of hydrogen-bond donors (Lipinski definition) is 0. The van der Waals surface area contributed by atoms with E-state index >= 15 is 0 Å². The van der Waals surface area contributed by atoms with Crippen LogP contribution in [-0.4, -0.2) is 31.5 Å². The molecule has 0 bridgehead atoms. The largest absolute Gasteiger partial charge is 0.497 e. The van der Waals surface area contributed by atoms with E-state index in [1.54, 1.807) is 12.0 Å². The van der Waals surface area contributed by atoms with E-state index in [4.69, 9.17) is 4.74 Å². The van der Waals surface area contributed by atoms with E-state index in [0.717, 1.165) is 30.0 Å². The van der Waals surface area contributed by atoms with Gasteiger partial charge in [0, 0.05) is 24.3 Å². The molecule has 2 aliphatic heterocycles. The molecule has 4 rings (SSSR count). The summed E-state index contributed by atoms with van der Waals surface area (Å²) in [6, 6.07) is 14.9. The predicted octanol–water partition coefficient (Wildman–Crippen LogP) is 3.17. The number of carbonyl (C=O) groups excluding carboxylic acids is 2. The number of rotatable bonds is 3. The Labute approximate surface area is 153 Å². The van der Waals surface area contributed by atoms with Crippen LogP contribution in [0.25, 0.3) is 0 Å². The molecule has 1 saturated heterocycles.